The number of aromatic nitrogens is 2. The predicted molar refractivity (Wildman–Crippen MR) is 103 cm³/mol. The van der Waals surface area contributed by atoms with E-state index in [1.807, 2.05) is 30.3 Å². The van der Waals surface area contributed by atoms with Crippen molar-refractivity contribution in [3.63, 3.8) is 0 Å². The number of methoxy groups -OCH3 is 2. The number of esters is 1. The van der Waals surface area contributed by atoms with Crippen LogP contribution in [0.15, 0.2) is 60.8 Å². The van der Waals surface area contributed by atoms with Crippen molar-refractivity contribution in [3.8, 4) is 5.75 Å². The molecule has 0 aliphatic rings. The zero-order chi connectivity index (χ0) is 19.1. The summed E-state index contributed by atoms with van der Waals surface area (Å²) < 4.78 is 10.1. The zero-order valence-corrected chi connectivity index (χ0v) is 15.1. The third-order valence-corrected chi connectivity index (χ3v) is 3.84. The number of hydrogen-bond donors (Lipinski definition) is 2. The van der Waals surface area contributed by atoms with Gasteiger partial charge in [0.05, 0.1) is 19.8 Å². The lowest BCUT2D eigenvalue weighted by atomic mass is 10.2. The predicted octanol–water partition coefficient (Wildman–Crippen LogP) is 3.63. The Morgan fingerprint density at radius 3 is 2.74 bits per heavy atom. The summed E-state index contributed by atoms with van der Waals surface area (Å²) in [5, 5.41) is 6.35. The fraction of sp³-hybridized carbons (Fsp3) is 0.150. The monoisotopic (exact) mass is 364 g/mol. The second kappa shape index (κ2) is 8.66. The third-order valence-electron chi connectivity index (χ3n) is 3.84. The number of anilines is 3. The second-order valence-electron chi connectivity index (χ2n) is 5.63. The highest BCUT2D eigenvalue weighted by Crippen LogP contribution is 2.20. The molecule has 0 aliphatic heterocycles. The van der Waals surface area contributed by atoms with Gasteiger partial charge in [0, 0.05) is 24.0 Å². The summed E-state index contributed by atoms with van der Waals surface area (Å²) in [7, 11) is 2.99. The van der Waals surface area contributed by atoms with E-state index in [1.54, 1.807) is 37.6 Å². The van der Waals surface area contributed by atoms with Gasteiger partial charge in [0.25, 0.3) is 0 Å². The number of nitrogens with one attached hydrogen (secondary N) is 2. The number of para-hydroxylation sites is 1. The number of ether oxygens (including phenoxy) is 2. The molecule has 3 aromatic rings. The molecule has 0 fully saturated rings. The molecule has 7 heteroatoms. The van der Waals surface area contributed by atoms with E-state index in [0.29, 0.717) is 23.9 Å². The summed E-state index contributed by atoms with van der Waals surface area (Å²) >= 11 is 0. The molecule has 0 radical (unpaired) electrons. The van der Waals surface area contributed by atoms with Gasteiger partial charge in [0.1, 0.15) is 11.6 Å². The molecule has 2 N–H and O–H groups in total. The SMILES string of the molecule is COC(=O)c1cccc(Nc2ccnc(NCc3ccccc3OC)n2)c1. The summed E-state index contributed by atoms with van der Waals surface area (Å²) in [5.41, 5.74) is 2.20. The Morgan fingerprint density at radius 2 is 1.93 bits per heavy atom. The maximum Gasteiger partial charge on any atom is 0.337 e. The van der Waals surface area contributed by atoms with Gasteiger partial charge in [-0.15, -0.1) is 0 Å². The average molecular weight is 364 g/mol. The van der Waals surface area contributed by atoms with E-state index < -0.39 is 0 Å². The Labute approximate surface area is 157 Å². The number of rotatable bonds is 7. The van der Waals surface area contributed by atoms with Crippen LogP contribution in [0.3, 0.4) is 0 Å². The van der Waals surface area contributed by atoms with Gasteiger partial charge >= 0.3 is 5.97 Å². The molecule has 0 bridgehead atoms. The molecule has 0 saturated heterocycles. The first-order valence-corrected chi connectivity index (χ1v) is 8.34. The smallest absolute Gasteiger partial charge is 0.337 e. The third kappa shape index (κ3) is 4.72. The van der Waals surface area contributed by atoms with Crippen molar-refractivity contribution in [1.29, 1.82) is 0 Å². The number of nitrogens with zero attached hydrogens (tertiary/aromatic N) is 2. The Morgan fingerprint density at radius 1 is 1.07 bits per heavy atom. The lowest BCUT2D eigenvalue weighted by Gasteiger charge is -2.11. The molecule has 0 unspecified atom stereocenters. The number of benzene rings is 2. The van der Waals surface area contributed by atoms with Crippen LogP contribution in [0.2, 0.25) is 0 Å². The van der Waals surface area contributed by atoms with E-state index in [9.17, 15) is 4.79 Å². The van der Waals surface area contributed by atoms with Crippen molar-refractivity contribution in [3.05, 3.63) is 71.9 Å². The Hall–Kier alpha value is -3.61. The molecule has 0 atom stereocenters. The summed E-state index contributed by atoms with van der Waals surface area (Å²) in [6, 6.07) is 16.5. The summed E-state index contributed by atoms with van der Waals surface area (Å²) in [6.07, 6.45) is 1.66. The van der Waals surface area contributed by atoms with E-state index >= 15 is 0 Å². The number of hydrogen-bond acceptors (Lipinski definition) is 7. The van der Waals surface area contributed by atoms with Gasteiger partial charge in [-0.1, -0.05) is 24.3 Å². The molecule has 1 aromatic heterocycles. The van der Waals surface area contributed by atoms with Gasteiger partial charge in [0.15, 0.2) is 0 Å². The molecule has 0 aliphatic carbocycles. The van der Waals surface area contributed by atoms with Crippen LogP contribution in [0.1, 0.15) is 15.9 Å². The van der Waals surface area contributed by atoms with Gasteiger partial charge in [-0.25, -0.2) is 9.78 Å². The Kier molecular flexibility index (Phi) is 5.84. The van der Waals surface area contributed by atoms with Crippen molar-refractivity contribution in [2.45, 2.75) is 6.54 Å². The topological polar surface area (TPSA) is 85.4 Å². The van der Waals surface area contributed by atoms with Crippen molar-refractivity contribution in [2.75, 3.05) is 24.9 Å². The molecule has 0 saturated carbocycles. The number of carbonyl (C=O) groups excluding carboxylic acids is 1. The van der Waals surface area contributed by atoms with Crippen molar-refractivity contribution in [2.24, 2.45) is 0 Å². The number of carbonyl (C=O) groups is 1. The molecule has 0 amide bonds. The summed E-state index contributed by atoms with van der Waals surface area (Å²) in [6.45, 7) is 0.533. The zero-order valence-electron chi connectivity index (χ0n) is 15.1. The normalized spacial score (nSPS) is 10.1. The first-order chi connectivity index (χ1) is 13.2. The van der Waals surface area contributed by atoms with Crippen LogP contribution in [0.5, 0.6) is 5.75 Å². The first kappa shape index (κ1) is 18.2. The Bertz CT molecular complexity index is 930. The van der Waals surface area contributed by atoms with E-state index in [0.717, 1.165) is 17.0 Å². The minimum Gasteiger partial charge on any atom is -0.496 e. The van der Waals surface area contributed by atoms with Gasteiger partial charge in [-0.2, -0.15) is 4.98 Å². The van der Waals surface area contributed by atoms with Crippen LogP contribution in [-0.2, 0) is 11.3 Å². The minimum absolute atomic E-state index is 0.388. The maximum absolute atomic E-state index is 11.6. The van der Waals surface area contributed by atoms with Crippen LogP contribution < -0.4 is 15.4 Å². The fourth-order valence-electron chi connectivity index (χ4n) is 2.53. The second-order valence-corrected chi connectivity index (χ2v) is 5.63. The van der Waals surface area contributed by atoms with Crippen molar-refractivity contribution >= 4 is 23.4 Å². The van der Waals surface area contributed by atoms with Gasteiger partial charge in [-0.3, -0.25) is 0 Å². The molecule has 2 aromatic carbocycles. The summed E-state index contributed by atoms with van der Waals surface area (Å²) in [4.78, 5) is 20.3. The lowest BCUT2D eigenvalue weighted by Crippen LogP contribution is -2.06. The molecule has 138 valence electrons. The molecule has 0 spiro atoms. The van der Waals surface area contributed by atoms with Crippen molar-refractivity contribution in [1.82, 2.24) is 9.97 Å². The molecule has 3 rings (SSSR count). The molecular weight excluding hydrogens is 344 g/mol. The van der Waals surface area contributed by atoms with E-state index in [-0.39, 0.29) is 5.97 Å². The average Bonchev–Trinajstić information content (AvgIpc) is 2.72. The molecular formula is C20H20N4O3. The van der Waals surface area contributed by atoms with Crippen LogP contribution in [0.25, 0.3) is 0 Å². The van der Waals surface area contributed by atoms with Gasteiger partial charge < -0.3 is 20.1 Å². The summed E-state index contributed by atoms with van der Waals surface area (Å²) in [5.74, 6) is 1.50. The van der Waals surface area contributed by atoms with Crippen LogP contribution in [0, 0.1) is 0 Å². The van der Waals surface area contributed by atoms with E-state index in [1.165, 1.54) is 7.11 Å². The first-order valence-electron chi connectivity index (χ1n) is 8.34. The van der Waals surface area contributed by atoms with E-state index in [2.05, 4.69) is 20.6 Å². The molecule has 27 heavy (non-hydrogen) atoms. The highest BCUT2D eigenvalue weighted by molar-refractivity contribution is 5.90. The van der Waals surface area contributed by atoms with E-state index in [4.69, 9.17) is 9.47 Å². The highest BCUT2D eigenvalue weighted by Gasteiger charge is 2.07. The van der Waals surface area contributed by atoms with Gasteiger partial charge in [0.2, 0.25) is 5.95 Å². The van der Waals surface area contributed by atoms with Crippen LogP contribution in [0.4, 0.5) is 17.5 Å². The van der Waals surface area contributed by atoms with Crippen molar-refractivity contribution < 1.29 is 14.3 Å². The standard InChI is InChI=1S/C20H20N4O3/c1-26-17-9-4-3-6-15(17)13-22-20-21-11-10-18(24-20)23-16-8-5-7-14(12-16)19(25)27-2/h3-12H,13H2,1-2H3,(H2,21,22,23,24). The Balaban J connectivity index is 1.70. The quantitative estimate of drug-likeness (QED) is 0.619. The molecule has 7 nitrogen and oxygen atoms in total. The largest absolute Gasteiger partial charge is 0.496 e. The maximum atomic E-state index is 11.6. The highest BCUT2D eigenvalue weighted by atomic mass is 16.5. The lowest BCUT2D eigenvalue weighted by molar-refractivity contribution is 0.0601. The van der Waals surface area contributed by atoms with Crippen LogP contribution in [-0.4, -0.2) is 30.2 Å². The van der Waals surface area contributed by atoms with Crippen LogP contribution >= 0.6 is 0 Å². The minimum atomic E-state index is -0.388. The van der Waals surface area contributed by atoms with Gasteiger partial charge in [-0.05, 0) is 30.3 Å². The molecule has 1 heterocycles. The fourth-order valence-corrected chi connectivity index (χ4v) is 2.53.